The average Bonchev–Trinajstić information content (AvgIpc) is 2.98. The first-order valence-corrected chi connectivity index (χ1v) is 8.68. The van der Waals surface area contributed by atoms with Gasteiger partial charge in [0, 0.05) is 39.6 Å². The molecular formula is C21H16ClN3. The third-order valence-corrected chi connectivity index (χ3v) is 5.23. The van der Waals surface area contributed by atoms with Crippen molar-refractivity contribution in [3.8, 4) is 11.1 Å². The fraction of sp³-hybridized carbons (Fsp3) is 0.0952. The van der Waals surface area contributed by atoms with Crippen LogP contribution in [0.5, 0.6) is 0 Å². The Morgan fingerprint density at radius 1 is 1.00 bits per heavy atom. The molecule has 5 rings (SSSR count). The molecule has 0 radical (unpaired) electrons. The van der Waals surface area contributed by atoms with Crippen LogP contribution < -0.4 is 5.32 Å². The van der Waals surface area contributed by atoms with Crippen LogP contribution in [0.3, 0.4) is 0 Å². The van der Waals surface area contributed by atoms with Gasteiger partial charge in [-0.05, 0) is 41.8 Å². The number of nitrogens with zero attached hydrogens (tertiary/aromatic N) is 1. The number of nitrogens with one attached hydrogen (secondary N) is 2. The van der Waals surface area contributed by atoms with Gasteiger partial charge in [0.15, 0.2) is 0 Å². The van der Waals surface area contributed by atoms with Crippen LogP contribution in [0.4, 0.5) is 5.69 Å². The Hall–Kier alpha value is -2.78. The summed E-state index contributed by atoms with van der Waals surface area (Å²) in [5.41, 5.74) is 7.77. The van der Waals surface area contributed by atoms with Crippen molar-refractivity contribution < 1.29 is 0 Å². The number of pyridine rings is 1. The quantitative estimate of drug-likeness (QED) is 0.464. The largest absolute Gasteiger partial charge is 0.374 e. The van der Waals surface area contributed by atoms with Gasteiger partial charge in [-0.3, -0.25) is 0 Å². The molecule has 0 amide bonds. The second-order valence-electron chi connectivity index (χ2n) is 6.47. The highest BCUT2D eigenvalue weighted by Gasteiger charge is 2.27. The summed E-state index contributed by atoms with van der Waals surface area (Å²) in [5.74, 6) is 0. The molecule has 3 heterocycles. The molecule has 1 atom stereocenters. The van der Waals surface area contributed by atoms with Crippen LogP contribution in [-0.4, -0.2) is 9.97 Å². The number of aryl methyl sites for hydroxylation is 1. The van der Waals surface area contributed by atoms with Gasteiger partial charge >= 0.3 is 0 Å². The summed E-state index contributed by atoms with van der Waals surface area (Å²) >= 11 is 6.61. The Labute approximate surface area is 150 Å². The maximum absolute atomic E-state index is 6.61. The molecule has 0 aliphatic carbocycles. The Kier molecular flexibility index (Phi) is 3.12. The van der Waals surface area contributed by atoms with Gasteiger partial charge in [-0.2, -0.15) is 0 Å². The smallest absolute Gasteiger partial charge is 0.138 e. The number of rotatable bonds is 1. The van der Waals surface area contributed by atoms with Crippen LogP contribution in [0.15, 0.2) is 60.9 Å². The van der Waals surface area contributed by atoms with Crippen LogP contribution in [0.25, 0.3) is 22.2 Å². The van der Waals surface area contributed by atoms with E-state index in [1.54, 1.807) is 0 Å². The topological polar surface area (TPSA) is 40.7 Å². The van der Waals surface area contributed by atoms with Crippen molar-refractivity contribution in [2.45, 2.75) is 13.0 Å². The highest BCUT2D eigenvalue weighted by atomic mass is 35.5. The van der Waals surface area contributed by atoms with Crippen molar-refractivity contribution >= 4 is 28.3 Å². The Bertz CT molecular complexity index is 1110. The van der Waals surface area contributed by atoms with Gasteiger partial charge in [0.25, 0.3) is 0 Å². The lowest BCUT2D eigenvalue weighted by molar-refractivity contribution is 0.952. The van der Waals surface area contributed by atoms with Gasteiger partial charge < -0.3 is 10.3 Å². The zero-order valence-corrected chi connectivity index (χ0v) is 14.4. The first-order chi connectivity index (χ1) is 12.2. The number of fused-ring (bicyclic) bond motifs is 2. The van der Waals surface area contributed by atoms with Gasteiger partial charge in [-0.15, -0.1) is 0 Å². The summed E-state index contributed by atoms with van der Waals surface area (Å²) in [7, 11) is 0. The minimum absolute atomic E-state index is 0.0338. The molecule has 25 heavy (non-hydrogen) atoms. The Balaban J connectivity index is 1.85. The second kappa shape index (κ2) is 5.36. The molecule has 1 aliphatic heterocycles. The van der Waals surface area contributed by atoms with Crippen LogP contribution in [0, 0.1) is 6.92 Å². The summed E-state index contributed by atoms with van der Waals surface area (Å²) in [4.78, 5) is 7.82. The molecule has 2 N–H and O–H groups in total. The lowest BCUT2D eigenvalue weighted by Crippen LogP contribution is -2.12. The zero-order valence-electron chi connectivity index (χ0n) is 13.7. The lowest BCUT2D eigenvalue weighted by atomic mass is 9.96. The van der Waals surface area contributed by atoms with E-state index in [4.69, 9.17) is 11.6 Å². The summed E-state index contributed by atoms with van der Waals surface area (Å²) in [6, 6.07) is 16.7. The van der Waals surface area contributed by atoms with E-state index in [2.05, 4.69) is 64.7 Å². The molecule has 122 valence electrons. The fourth-order valence-corrected chi connectivity index (χ4v) is 4.07. The summed E-state index contributed by atoms with van der Waals surface area (Å²) < 4.78 is 0. The monoisotopic (exact) mass is 345 g/mol. The van der Waals surface area contributed by atoms with Crippen molar-refractivity contribution in [2.24, 2.45) is 0 Å². The summed E-state index contributed by atoms with van der Waals surface area (Å²) in [5, 5.41) is 5.63. The first kappa shape index (κ1) is 14.6. The summed E-state index contributed by atoms with van der Waals surface area (Å²) in [6.07, 6.45) is 3.90. The van der Waals surface area contributed by atoms with E-state index < -0.39 is 0 Å². The van der Waals surface area contributed by atoms with Crippen LogP contribution in [0.1, 0.15) is 22.7 Å². The molecule has 2 aromatic carbocycles. The number of H-pyrrole nitrogens is 1. The molecular weight excluding hydrogens is 330 g/mol. The van der Waals surface area contributed by atoms with E-state index in [1.807, 2.05) is 18.5 Å². The number of para-hydroxylation sites is 1. The maximum Gasteiger partial charge on any atom is 0.138 e. The lowest BCUT2D eigenvalue weighted by Gasteiger charge is -2.21. The van der Waals surface area contributed by atoms with E-state index in [0.29, 0.717) is 0 Å². The number of aromatic amines is 1. The van der Waals surface area contributed by atoms with Gasteiger partial charge in [-0.25, -0.2) is 4.98 Å². The SMILES string of the molecule is Cc1ccc([C@@H]2Nc3ccccc3-c3ccnc4[nH]cc2c34)c(Cl)c1. The highest BCUT2D eigenvalue weighted by molar-refractivity contribution is 6.31. The Morgan fingerprint density at radius 3 is 2.76 bits per heavy atom. The molecule has 4 heteroatoms. The van der Waals surface area contributed by atoms with Crippen LogP contribution >= 0.6 is 11.6 Å². The van der Waals surface area contributed by atoms with Gasteiger partial charge in [0.05, 0.1) is 6.04 Å². The number of halogens is 1. The molecule has 4 aromatic rings. The van der Waals surface area contributed by atoms with Gasteiger partial charge in [0.2, 0.25) is 0 Å². The van der Waals surface area contributed by atoms with Crippen LogP contribution in [0.2, 0.25) is 5.02 Å². The minimum atomic E-state index is -0.0338. The molecule has 0 fully saturated rings. The molecule has 1 aliphatic rings. The number of benzene rings is 2. The third kappa shape index (κ3) is 2.16. The van der Waals surface area contributed by atoms with Crippen molar-refractivity contribution in [2.75, 3.05) is 5.32 Å². The predicted octanol–water partition coefficient (Wildman–Crippen LogP) is 5.71. The van der Waals surface area contributed by atoms with E-state index in [-0.39, 0.29) is 6.04 Å². The zero-order chi connectivity index (χ0) is 17.0. The minimum Gasteiger partial charge on any atom is -0.374 e. The fourth-order valence-electron chi connectivity index (χ4n) is 3.72. The second-order valence-corrected chi connectivity index (χ2v) is 6.88. The molecule has 0 saturated heterocycles. The van der Waals surface area contributed by atoms with E-state index in [0.717, 1.165) is 32.9 Å². The molecule has 0 unspecified atom stereocenters. The number of hydrogen-bond acceptors (Lipinski definition) is 2. The highest BCUT2D eigenvalue weighted by Crippen LogP contribution is 2.44. The van der Waals surface area contributed by atoms with Crippen molar-refractivity contribution in [3.63, 3.8) is 0 Å². The van der Waals surface area contributed by atoms with E-state index >= 15 is 0 Å². The Morgan fingerprint density at radius 2 is 1.88 bits per heavy atom. The summed E-state index contributed by atoms with van der Waals surface area (Å²) in [6.45, 7) is 2.05. The standard InChI is InChI=1S/C21H16ClN3/c1-12-6-7-15(17(22)10-12)20-16-11-24-21-19(16)14(8-9-23-21)13-4-2-3-5-18(13)25-20/h2-11,20,25H,1H3,(H,23,24)/t20-/m0/s1. The third-order valence-electron chi connectivity index (χ3n) is 4.90. The van der Waals surface area contributed by atoms with Gasteiger partial charge in [-0.1, -0.05) is 41.9 Å². The molecule has 2 aromatic heterocycles. The number of anilines is 1. The number of hydrogen-bond donors (Lipinski definition) is 2. The maximum atomic E-state index is 6.61. The molecule has 0 spiro atoms. The predicted molar refractivity (Wildman–Crippen MR) is 103 cm³/mol. The average molecular weight is 346 g/mol. The normalized spacial score (nSPS) is 15.5. The van der Waals surface area contributed by atoms with Crippen molar-refractivity contribution in [1.82, 2.24) is 9.97 Å². The van der Waals surface area contributed by atoms with E-state index in [1.165, 1.54) is 16.7 Å². The molecule has 0 saturated carbocycles. The van der Waals surface area contributed by atoms with E-state index in [9.17, 15) is 0 Å². The molecule has 0 bridgehead atoms. The van der Waals surface area contributed by atoms with Crippen molar-refractivity contribution in [3.05, 3.63) is 82.6 Å². The number of aromatic nitrogens is 2. The van der Waals surface area contributed by atoms with Crippen molar-refractivity contribution in [1.29, 1.82) is 0 Å². The van der Waals surface area contributed by atoms with Crippen LogP contribution in [-0.2, 0) is 0 Å². The molecule has 3 nitrogen and oxygen atoms in total. The van der Waals surface area contributed by atoms with Gasteiger partial charge in [0.1, 0.15) is 5.65 Å². The first-order valence-electron chi connectivity index (χ1n) is 8.30.